The van der Waals surface area contributed by atoms with Gasteiger partial charge in [0, 0.05) is 24.0 Å². The number of rotatable bonds is 2. The summed E-state index contributed by atoms with van der Waals surface area (Å²) in [7, 11) is 3.35. The molecule has 2 aromatic rings. The first-order chi connectivity index (χ1) is 8.47. The lowest BCUT2D eigenvalue weighted by Gasteiger charge is -2.15. The van der Waals surface area contributed by atoms with Crippen LogP contribution in [-0.2, 0) is 7.05 Å². The van der Waals surface area contributed by atoms with Crippen molar-refractivity contribution >= 4 is 10.9 Å². The summed E-state index contributed by atoms with van der Waals surface area (Å²) in [6.07, 6.45) is 0. The molecule has 0 aliphatic heterocycles. The fraction of sp³-hybridized carbons (Fsp3) is 0.357. The molecule has 1 unspecified atom stereocenters. The molecule has 96 valence electrons. The highest BCUT2D eigenvalue weighted by Crippen LogP contribution is 2.28. The molecule has 0 fully saturated rings. The number of nitrogens with two attached hydrogens (primary N) is 1. The zero-order valence-electron chi connectivity index (χ0n) is 11.2. The highest BCUT2D eigenvalue weighted by atomic mass is 16.5. The highest BCUT2D eigenvalue weighted by molar-refractivity contribution is 5.88. The molecule has 2 rings (SSSR count). The number of fused-ring (bicyclic) bond motifs is 1. The third-order valence-corrected chi connectivity index (χ3v) is 3.30. The largest absolute Gasteiger partial charge is 0.495 e. The molecule has 1 atom stereocenters. The Labute approximate surface area is 106 Å². The molecule has 0 radical (unpaired) electrons. The maximum absolute atomic E-state index is 12.2. The Balaban J connectivity index is 2.98. The Morgan fingerprint density at radius 1 is 1.39 bits per heavy atom. The van der Waals surface area contributed by atoms with Gasteiger partial charge in [0.25, 0.3) is 5.56 Å². The number of nitrogens with zero attached hydrogens (tertiary/aromatic N) is 1. The fourth-order valence-corrected chi connectivity index (χ4v) is 2.22. The molecule has 0 saturated carbocycles. The van der Waals surface area contributed by atoms with Crippen LogP contribution in [-0.4, -0.2) is 11.7 Å². The van der Waals surface area contributed by atoms with Crippen LogP contribution in [0.2, 0.25) is 0 Å². The van der Waals surface area contributed by atoms with Crippen LogP contribution < -0.4 is 16.0 Å². The van der Waals surface area contributed by atoms with Gasteiger partial charge in [-0.25, -0.2) is 0 Å². The van der Waals surface area contributed by atoms with E-state index in [0.29, 0.717) is 11.3 Å². The molecule has 0 aliphatic rings. The average Bonchev–Trinajstić information content (AvgIpc) is 2.34. The number of hydrogen-bond donors (Lipinski definition) is 1. The summed E-state index contributed by atoms with van der Waals surface area (Å²) in [4.78, 5) is 12.2. The average molecular weight is 246 g/mol. The van der Waals surface area contributed by atoms with E-state index in [1.165, 1.54) is 0 Å². The van der Waals surface area contributed by atoms with Gasteiger partial charge >= 0.3 is 0 Å². The zero-order chi connectivity index (χ0) is 13.4. The molecular weight excluding hydrogens is 228 g/mol. The van der Waals surface area contributed by atoms with Gasteiger partial charge in [0.15, 0.2) is 0 Å². The first-order valence-electron chi connectivity index (χ1n) is 5.90. The minimum atomic E-state index is -0.279. The van der Waals surface area contributed by atoms with E-state index in [1.54, 1.807) is 18.7 Å². The molecular formula is C14H18N2O2. The minimum Gasteiger partial charge on any atom is -0.495 e. The minimum absolute atomic E-state index is 0.0681. The second kappa shape index (κ2) is 4.46. The smallest absolute Gasteiger partial charge is 0.255 e. The lowest BCUT2D eigenvalue weighted by molar-refractivity contribution is 0.417. The Kier molecular flexibility index (Phi) is 3.13. The van der Waals surface area contributed by atoms with Gasteiger partial charge in [0.2, 0.25) is 0 Å². The maximum Gasteiger partial charge on any atom is 0.255 e. The third-order valence-electron chi connectivity index (χ3n) is 3.30. The van der Waals surface area contributed by atoms with Gasteiger partial charge in [-0.15, -0.1) is 0 Å². The first-order valence-corrected chi connectivity index (χ1v) is 5.90. The molecule has 0 bridgehead atoms. The summed E-state index contributed by atoms with van der Waals surface area (Å²) in [6, 6.07) is 5.46. The maximum atomic E-state index is 12.2. The summed E-state index contributed by atoms with van der Waals surface area (Å²) >= 11 is 0. The Morgan fingerprint density at radius 3 is 2.61 bits per heavy atom. The van der Waals surface area contributed by atoms with Crippen LogP contribution >= 0.6 is 0 Å². The highest BCUT2D eigenvalue weighted by Gasteiger charge is 2.14. The molecule has 4 nitrogen and oxygen atoms in total. The number of benzene rings is 1. The van der Waals surface area contributed by atoms with Crippen LogP contribution in [0.3, 0.4) is 0 Å². The monoisotopic (exact) mass is 246 g/mol. The number of methoxy groups -OCH3 is 1. The van der Waals surface area contributed by atoms with E-state index in [1.807, 2.05) is 32.0 Å². The van der Waals surface area contributed by atoms with Crippen LogP contribution in [0.1, 0.15) is 24.1 Å². The Morgan fingerprint density at radius 2 is 2.06 bits per heavy atom. The van der Waals surface area contributed by atoms with Crippen molar-refractivity contribution in [1.82, 2.24) is 4.57 Å². The first kappa shape index (κ1) is 12.6. The van der Waals surface area contributed by atoms with Crippen molar-refractivity contribution in [2.75, 3.05) is 7.11 Å². The summed E-state index contributed by atoms with van der Waals surface area (Å²) in [5.74, 6) is 0.700. The lowest BCUT2D eigenvalue weighted by atomic mass is 10.0. The van der Waals surface area contributed by atoms with Gasteiger partial charge in [-0.3, -0.25) is 4.79 Å². The van der Waals surface area contributed by atoms with Gasteiger partial charge in [-0.05, 0) is 31.5 Å². The molecule has 2 N–H and O–H groups in total. The normalized spacial score (nSPS) is 12.7. The molecule has 0 amide bonds. The van der Waals surface area contributed by atoms with E-state index >= 15 is 0 Å². The lowest BCUT2D eigenvalue weighted by Crippen LogP contribution is -2.25. The van der Waals surface area contributed by atoms with Gasteiger partial charge in [0.1, 0.15) is 5.75 Å². The summed E-state index contributed by atoms with van der Waals surface area (Å²) in [6.45, 7) is 3.83. The standard InChI is InChI=1S/C14H18N2O2/c1-8-5-6-12(18-4)13-10(8)7-11(9(2)15)14(17)16(13)3/h5-7,9H,15H2,1-4H3. The number of aryl methyl sites for hydroxylation is 2. The van der Waals surface area contributed by atoms with E-state index in [2.05, 4.69) is 0 Å². The number of aromatic nitrogens is 1. The van der Waals surface area contributed by atoms with Gasteiger partial charge in [0.05, 0.1) is 12.6 Å². The second-order valence-electron chi connectivity index (χ2n) is 4.60. The Bertz CT molecular complexity index is 657. The van der Waals surface area contributed by atoms with Gasteiger partial charge in [-0.1, -0.05) is 6.07 Å². The molecule has 0 saturated heterocycles. The number of ether oxygens (including phenoxy) is 1. The zero-order valence-corrected chi connectivity index (χ0v) is 11.2. The van der Waals surface area contributed by atoms with E-state index in [-0.39, 0.29) is 11.6 Å². The van der Waals surface area contributed by atoms with Crippen molar-refractivity contribution in [3.8, 4) is 5.75 Å². The SMILES string of the molecule is COc1ccc(C)c2cc(C(C)N)c(=O)n(C)c12. The fourth-order valence-electron chi connectivity index (χ4n) is 2.22. The van der Waals surface area contributed by atoms with Crippen LogP contribution in [0.5, 0.6) is 5.75 Å². The van der Waals surface area contributed by atoms with Gasteiger partial charge < -0.3 is 15.0 Å². The molecule has 0 spiro atoms. The quantitative estimate of drug-likeness (QED) is 0.880. The van der Waals surface area contributed by atoms with Crippen LogP contribution in [0.25, 0.3) is 10.9 Å². The van der Waals surface area contributed by atoms with Crippen molar-refractivity contribution in [2.45, 2.75) is 19.9 Å². The predicted octanol–water partition coefficient (Wildman–Crippen LogP) is 1.88. The van der Waals surface area contributed by atoms with Crippen molar-refractivity contribution in [3.63, 3.8) is 0 Å². The number of hydrogen-bond acceptors (Lipinski definition) is 3. The topological polar surface area (TPSA) is 57.2 Å². The molecule has 1 heterocycles. The van der Waals surface area contributed by atoms with Crippen LogP contribution in [0, 0.1) is 6.92 Å². The van der Waals surface area contributed by atoms with Crippen LogP contribution in [0.15, 0.2) is 23.0 Å². The number of pyridine rings is 1. The molecule has 4 heteroatoms. The molecule has 0 aliphatic carbocycles. The van der Waals surface area contributed by atoms with Crippen molar-refractivity contribution < 1.29 is 4.74 Å². The Hall–Kier alpha value is -1.81. The van der Waals surface area contributed by atoms with E-state index in [4.69, 9.17) is 10.5 Å². The van der Waals surface area contributed by atoms with Crippen molar-refractivity contribution in [3.05, 3.63) is 39.7 Å². The van der Waals surface area contributed by atoms with E-state index < -0.39 is 0 Å². The van der Waals surface area contributed by atoms with Crippen molar-refractivity contribution in [1.29, 1.82) is 0 Å². The molecule has 1 aromatic carbocycles. The molecule has 18 heavy (non-hydrogen) atoms. The third kappa shape index (κ3) is 1.78. The molecule has 1 aromatic heterocycles. The summed E-state index contributed by atoms with van der Waals surface area (Å²) in [5.41, 5.74) is 8.32. The van der Waals surface area contributed by atoms with Crippen molar-refractivity contribution in [2.24, 2.45) is 12.8 Å². The second-order valence-corrected chi connectivity index (χ2v) is 4.60. The summed E-state index contributed by atoms with van der Waals surface area (Å²) < 4.78 is 6.94. The van der Waals surface area contributed by atoms with E-state index in [0.717, 1.165) is 16.5 Å². The van der Waals surface area contributed by atoms with E-state index in [9.17, 15) is 4.79 Å². The predicted molar refractivity (Wildman–Crippen MR) is 73.1 cm³/mol. The summed E-state index contributed by atoms with van der Waals surface area (Å²) in [5, 5.41) is 1.00. The van der Waals surface area contributed by atoms with Gasteiger partial charge in [-0.2, -0.15) is 0 Å². The van der Waals surface area contributed by atoms with Crippen LogP contribution in [0.4, 0.5) is 0 Å².